The van der Waals surface area contributed by atoms with Crippen LogP contribution in [0.2, 0.25) is 0 Å². The van der Waals surface area contributed by atoms with Crippen LogP contribution in [0.25, 0.3) is 0 Å². The van der Waals surface area contributed by atoms with Crippen LogP contribution in [0.3, 0.4) is 0 Å². The highest BCUT2D eigenvalue weighted by molar-refractivity contribution is 4.88. The van der Waals surface area contributed by atoms with Gasteiger partial charge in [0.25, 0.3) is 0 Å². The molecule has 1 aliphatic heterocycles. The van der Waals surface area contributed by atoms with Crippen LogP contribution in [0.4, 0.5) is 0 Å². The molecule has 0 spiro atoms. The zero-order chi connectivity index (χ0) is 5.98. The molecule has 43 valence electrons. The molecule has 0 saturated carbocycles. The van der Waals surface area contributed by atoms with Crippen LogP contribution in [-0.4, -0.2) is 25.1 Å². The lowest BCUT2D eigenvalue weighted by Crippen LogP contribution is -2.18. The molecule has 1 heterocycles. The molecule has 0 bridgehead atoms. The molecule has 0 aromatic carbocycles. The Bertz CT molecular complexity index is 115. The minimum atomic E-state index is 0.139. The molecule has 1 saturated heterocycles. The highest BCUT2D eigenvalue weighted by atomic mass is 15.5. The van der Waals surface area contributed by atoms with Crippen molar-refractivity contribution in [1.29, 1.82) is 5.26 Å². The summed E-state index contributed by atoms with van der Waals surface area (Å²) in [5.74, 6) is 0.139. The molecule has 1 rings (SSSR count). The summed E-state index contributed by atoms with van der Waals surface area (Å²) >= 11 is 0. The molecule has 1 radical (unpaired) electrons. The fraction of sp³-hybridized carbons (Fsp3) is 0.800. The zero-order valence-corrected chi connectivity index (χ0v) is 4.83. The van der Waals surface area contributed by atoms with Gasteiger partial charge < -0.3 is 0 Å². The van der Waals surface area contributed by atoms with Gasteiger partial charge in [-0.25, -0.2) is 5.01 Å². The molecule has 0 aromatic heterocycles. The highest BCUT2D eigenvalue weighted by Gasteiger charge is 2.18. The molecule has 3 nitrogen and oxygen atoms in total. The first-order valence-electron chi connectivity index (χ1n) is 2.61. The van der Waals surface area contributed by atoms with Gasteiger partial charge >= 0.3 is 0 Å². The van der Waals surface area contributed by atoms with Crippen LogP contribution in [-0.2, 0) is 0 Å². The molecule has 1 unspecified atom stereocenters. The molecule has 0 N–H and O–H groups in total. The largest absolute Gasteiger partial charge is 0.228 e. The van der Waals surface area contributed by atoms with E-state index in [9.17, 15) is 0 Å². The lowest BCUT2D eigenvalue weighted by Gasteiger charge is -2.00. The van der Waals surface area contributed by atoms with E-state index in [1.807, 2.05) is 12.1 Å². The van der Waals surface area contributed by atoms with E-state index >= 15 is 0 Å². The van der Waals surface area contributed by atoms with Crippen molar-refractivity contribution < 1.29 is 0 Å². The predicted octanol–water partition coefficient (Wildman–Crippen LogP) is -0.409. The van der Waals surface area contributed by atoms with Crippen LogP contribution in [0.15, 0.2) is 0 Å². The van der Waals surface area contributed by atoms with Crippen LogP contribution < -0.4 is 5.43 Å². The Morgan fingerprint density at radius 1 is 1.88 bits per heavy atom. The van der Waals surface area contributed by atoms with Crippen molar-refractivity contribution in [3.05, 3.63) is 0 Å². The average Bonchev–Trinajstić information content (AvgIpc) is 2.14. The first-order valence-corrected chi connectivity index (χ1v) is 2.61. The first-order chi connectivity index (χ1) is 3.83. The van der Waals surface area contributed by atoms with Crippen molar-refractivity contribution in [2.75, 3.05) is 20.1 Å². The molecule has 8 heavy (non-hydrogen) atoms. The minimum absolute atomic E-state index is 0.139. The van der Waals surface area contributed by atoms with E-state index in [0.717, 1.165) is 6.54 Å². The number of hydrogen-bond donors (Lipinski definition) is 0. The van der Waals surface area contributed by atoms with Crippen molar-refractivity contribution in [3.8, 4) is 6.07 Å². The molecule has 1 atom stereocenters. The number of rotatable bonds is 0. The third-order valence-electron chi connectivity index (χ3n) is 1.21. The lowest BCUT2D eigenvalue weighted by molar-refractivity contribution is 0.304. The van der Waals surface area contributed by atoms with Gasteiger partial charge in [0.2, 0.25) is 0 Å². The van der Waals surface area contributed by atoms with Gasteiger partial charge in [-0.1, -0.05) is 0 Å². The van der Waals surface area contributed by atoms with E-state index in [4.69, 9.17) is 5.26 Å². The standard InChI is InChI=1S/C5H8N3/c1-8-4-5(2-6)3-7-8/h5H,3-4H2,1H3. The Labute approximate surface area is 48.9 Å². The molecule has 0 aliphatic carbocycles. The zero-order valence-electron chi connectivity index (χ0n) is 4.83. The number of nitriles is 1. The van der Waals surface area contributed by atoms with E-state index < -0.39 is 0 Å². The van der Waals surface area contributed by atoms with Crippen LogP contribution in [0, 0.1) is 17.2 Å². The Kier molecular flexibility index (Phi) is 1.47. The van der Waals surface area contributed by atoms with E-state index in [1.54, 1.807) is 0 Å². The Balaban J connectivity index is 2.35. The summed E-state index contributed by atoms with van der Waals surface area (Å²) in [5, 5.41) is 10.2. The second kappa shape index (κ2) is 2.12. The summed E-state index contributed by atoms with van der Waals surface area (Å²) in [5.41, 5.74) is 4.00. The van der Waals surface area contributed by atoms with Gasteiger partial charge in [-0.15, -0.1) is 0 Å². The maximum atomic E-state index is 8.35. The van der Waals surface area contributed by atoms with Crippen molar-refractivity contribution in [2.24, 2.45) is 5.92 Å². The molecule has 1 fully saturated rings. The fourth-order valence-electron chi connectivity index (χ4n) is 0.754. The van der Waals surface area contributed by atoms with Gasteiger partial charge in [0.1, 0.15) is 0 Å². The smallest absolute Gasteiger partial charge is 0.0761 e. The van der Waals surface area contributed by atoms with Gasteiger partial charge in [0, 0.05) is 20.1 Å². The second-order valence-electron chi connectivity index (χ2n) is 1.99. The lowest BCUT2D eigenvalue weighted by atomic mass is 10.2. The Hall–Kier alpha value is -0.590. The maximum Gasteiger partial charge on any atom is 0.0761 e. The van der Waals surface area contributed by atoms with Gasteiger partial charge in [-0.2, -0.15) is 10.7 Å². The van der Waals surface area contributed by atoms with Crippen molar-refractivity contribution >= 4 is 0 Å². The molecule has 0 amide bonds. The van der Waals surface area contributed by atoms with E-state index in [2.05, 4.69) is 11.5 Å². The fourth-order valence-corrected chi connectivity index (χ4v) is 0.754. The quantitative estimate of drug-likeness (QED) is 0.425. The van der Waals surface area contributed by atoms with Crippen molar-refractivity contribution in [2.45, 2.75) is 0 Å². The van der Waals surface area contributed by atoms with Crippen molar-refractivity contribution in [3.63, 3.8) is 0 Å². The minimum Gasteiger partial charge on any atom is -0.228 e. The first kappa shape index (κ1) is 5.54. The second-order valence-corrected chi connectivity index (χ2v) is 1.99. The normalized spacial score (nSPS) is 30.2. The predicted molar refractivity (Wildman–Crippen MR) is 28.7 cm³/mol. The summed E-state index contributed by atoms with van der Waals surface area (Å²) in [4.78, 5) is 0. The highest BCUT2D eigenvalue weighted by Crippen LogP contribution is 2.02. The molecule has 3 heteroatoms. The summed E-state index contributed by atoms with van der Waals surface area (Å²) in [6.07, 6.45) is 0. The van der Waals surface area contributed by atoms with Crippen LogP contribution >= 0.6 is 0 Å². The molecule has 0 aromatic rings. The van der Waals surface area contributed by atoms with Crippen LogP contribution in [0.1, 0.15) is 0 Å². The van der Waals surface area contributed by atoms with Gasteiger partial charge in [0.05, 0.1) is 12.0 Å². The summed E-state index contributed by atoms with van der Waals surface area (Å²) in [6, 6.07) is 2.16. The molecule has 1 aliphatic rings. The topological polar surface area (TPSA) is 41.1 Å². The number of hydrogen-bond acceptors (Lipinski definition) is 2. The average molecular weight is 110 g/mol. The van der Waals surface area contributed by atoms with Gasteiger partial charge in [-0.05, 0) is 0 Å². The monoisotopic (exact) mass is 110 g/mol. The van der Waals surface area contributed by atoms with E-state index in [-0.39, 0.29) is 5.92 Å². The van der Waals surface area contributed by atoms with Gasteiger partial charge in [0.15, 0.2) is 0 Å². The summed E-state index contributed by atoms with van der Waals surface area (Å²) in [6.45, 7) is 1.49. The van der Waals surface area contributed by atoms with Crippen molar-refractivity contribution in [1.82, 2.24) is 10.4 Å². The Morgan fingerprint density at radius 2 is 2.62 bits per heavy atom. The summed E-state index contributed by atoms with van der Waals surface area (Å²) in [7, 11) is 1.89. The SMILES string of the molecule is CN1CC(C#N)C[N]1. The third kappa shape index (κ3) is 0.971. The van der Waals surface area contributed by atoms with Gasteiger partial charge in [-0.3, -0.25) is 0 Å². The van der Waals surface area contributed by atoms with Crippen LogP contribution in [0.5, 0.6) is 0 Å². The number of nitrogens with zero attached hydrogens (tertiary/aromatic N) is 3. The van der Waals surface area contributed by atoms with E-state index in [0.29, 0.717) is 6.54 Å². The maximum absolute atomic E-state index is 8.35. The Morgan fingerprint density at radius 3 is 2.88 bits per heavy atom. The molecular formula is C5H8N3. The third-order valence-corrected chi connectivity index (χ3v) is 1.21. The summed E-state index contributed by atoms with van der Waals surface area (Å²) < 4.78 is 0. The van der Waals surface area contributed by atoms with E-state index in [1.165, 1.54) is 0 Å². The molecular weight excluding hydrogens is 102 g/mol.